The van der Waals surface area contributed by atoms with Gasteiger partial charge in [-0.2, -0.15) is 5.06 Å². The van der Waals surface area contributed by atoms with Crippen LogP contribution in [-0.4, -0.2) is 22.7 Å². The summed E-state index contributed by atoms with van der Waals surface area (Å²) < 4.78 is 0. The van der Waals surface area contributed by atoms with Crippen molar-refractivity contribution in [2.24, 2.45) is 5.41 Å². The lowest BCUT2D eigenvalue weighted by atomic mass is 9.83. The highest BCUT2D eigenvalue weighted by Gasteiger charge is 2.68. The van der Waals surface area contributed by atoms with Gasteiger partial charge in [0.2, 0.25) is 0 Å². The number of fused-ring (bicyclic) bond motifs is 1. The van der Waals surface area contributed by atoms with Crippen LogP contribution in [0.25, 0.3) is 0 Å². The highest BCUT2D eigenvalue weighted by atomic mass is 16.7. The Kier molecular flexibility index (Phi) is 1.67. The molecule has 2 aliphatic rings. The number of hydrogen-bond donors (Lipinski definition) is 0. The second-order valence-corrected chi connectivity index (χ2v) is 6.06. The van der Waals surface area contributed by atoms with Crippen LogP contribution in [0.3, 0.4) is 0 Å². The van der Waals surface area contributed by atoms with Crippen molar-refractivity contribution in [1.29, 1.82) is 0 Å². The normalized spacial score (nSPS) is 46.4. The molecular formula is C11H21NO. The summed E-state index contributed by atoms with van der Waals surface area (Å²) in [6.07, 6.45) is 2.52. The van der Waals surface area contributed by atoms with Gasteiger partial charge < -0.3 is 0 Å². The van der Waals surface area contributed by atoms with Gasteiger partial charge in [0, 0.05) is 0 Å². The fraction of sp³-hybridized carbons (Fsp3) is 1.00. The van der Waals surface area contributed by atoms with Crippen molar-refractivity contribution in [3.63, 3.8) is 0 Å². The molecule has 0 N–H and O–H groups in total. The summed E-state index contributed by atoms with van der Waals surface area (Å²) in [4.78, 5) is 5.84. The topological polar surface area (TPSA) is 12.2 Å². The molecule has 2 fully saturated rings. The molecule has 0 radical (unpaired) electrons. The Bertz CT molecular complexity index is 234. The third-order valence-electron chi connectivity index (χ3n) is 4.10. The molecule has 2 heteroatoms. The Labute approximate surface area is 81.2 Å². The smallest absolute Gasteiger partial charge is 0.0736 e. The zero-order valence-corrected chi connectivity index (χ0v) is 9.48. The van der Waals surface area contributed by atoms with Gasteiger partial charge in [0.25, 0.3) is 0 Å². The van der Waals surface area contributed by atoms with Crippen LogP contribution in [0.4, 0.5) is 0 Å². The predicted molar refractivity (Wildman–Crippen MR) is 53.3 cm³/mol. The summed E-state index contributed by atoms with van der Waals surface area (Å²) in [6, 6.07) is 0. The van der Waals surface area contributed by atoms with E-state index in [1.54, 1.807) is 0 Å². The Morgan fingerprint density at radius 3 is 2.23 bits per heavy atom. The van der Waals surface area contributed by atoms with E-state index in [9.17, 15) is 0 Å². The molecule has 0 bridgehead atoms. The van der Waals surface area contributed by atoms with Crippen molar-refractivity contribution in [2.45, 2.75) is 58.5 Å². The van der Waals surface area contributed by atoms with Crippen molar-refractivity contribution in [3.05, 3.63) is 0 Å². The number of nitrogens with zero attached hydrogens (tertiary/aromatic N) is 1. The molecule has 0 saturated carbocycles. The van der Waals surface area contributed by atoms with Gasteiger partial charge in [0.15, 0.2) is 0 Å². The molecule has 2 nitrogen and oxygen atoms in total. The summed E-state index contributed by atoms with van der Waals surface area (Å²) in [5, 5.41) is 2.19. The van der Waals surface area contributed by atoms with Gasteiger partial charge in [0.1, 0.15) is 0 Å². The monoisotopic (exact) mass is 183 g/mol. The van der Waals surface area contributed by atoms with Crippen molar-refractivity contribution in [1.82, 2.24) is 5.06 Å². The molecule has 0 aromatic heterocycles. The third-order valence-corrected chi connectivity index (χ3v) is 4.10. The fourth-order valence-corrected chi connectivity index (χ4v) is 2.38. The molecule has 0 aromatic carbocycles. The van der Waals surface area contributed by atoms with E-state index in [0.717, 1.165) is 6.61 Å². The summed E-state index contributed by atoms with van der Waals surface area (Å²) >= 11 is 0. The molecule has 0 spiro atoms. The maximum absolute atomic E-state index is 5.84. The average molecular weight is 183 g/mol. The molecule has 2 atom stereocenters. The highest BCUT2D eigenvalue weighted by Crippen LogP contribution is 2.57. The molecule has 76 valence electrons. The Morgan fingerprint density at radius 1 is 1.00 bits per heavy atom. The van der Waals surface area contributed by atoms with Gasteiger partial charge in [-0.1, -0.05) is 13.8 Å². The lowest BCUT2D eigenvalue weighted by molar-refractivity contribution is -0.121. The van der Waals surface area contributed by atoms with Crippen LogP contribution in [0.5, 0.6) is 0 Å². The first-order valence-corrected chi connectivity index (χ1v) is 5.23. The van der Waals surface area contributed by atoms with E-state index in [-0.39, 0.29) is 5.54 Å². The first-order valence-electron chi connectivity index (χ1n) is 5.23. The Morgan fingerprint density at radius 2 is 1.62 bits per heavy atom. The van der Waals surface area contributed by atoms with Crippen LogP contribution < -0.4 is 0 Å². The quantitative estimate of drug-likeness (QED) is 0.535. The van der Waals surface area contributed by atoms with E-state index < -0.39 is 0 Å². The van der Waals surface area contributed by atoms with Crippen LogP contribution >= 0.6 is 0 Å². The Hall–Kier alpha value is -0.0800. The molecule has 2 saturated heterocycles. The van der Waals surface area contributed by atoms with Crippen LogP contribution in [-0.2, 0) is 4.84 Å². The molecular weight excluding hydrogens is 162 g/mol. The zero-order chi connectivity index (χ0) is 9.91. The van der Waals surface area contributed by atoms with Crippen LogP contribution in [0, 0.1) is 5.41 Å². The number of hydrogen-bond acceptors (Lipinski definition) is 2. The minimum Gasteiger partial charge on any atom is -0.297 e. The van der Waals surface area contributed by atoms with Gasteiger partial charge in [-0.15, -0.1) is 0 Å². The fourth-order valence-electron chi connectivity index (χ4n) is 2.38. The number of rotatable bonds is 0. The molecule has 2 aliphatic heterocycles. The summed E-state index contributed by atoms with van der Waals surface area (Å²) in [5.41, 5.74) is 0.900. The van der Waals surface area contributed by atoms with E-state index in [1.807, 2.05) is 0 Å². The molecule has 2 rings (SSSR count). The third kappa shape index (κ3) is 1.15. The maximum atomic E-state index is 5.84. The SMILES string of the molecule is CC1(C)CCC2(C)N(OC1)C2(C)C. The van der Waals surface area contributed by atoms with E-state index in [0.29, 0.717) is 11.0 Å². The van der Waals surface area contributed by atoms with Crippen LogP contribution in [0.1, 0.15) is 47.5 Å². The van der Waals surface area contributed by atoms with Gasteiger partial charge in [0.05, 0.1) is 17.7 Å². The zero-order valence-electron chi connectivity index (χ0n) is 9.48. The van der Waals surface area contributed by atoms with E-state index in [1.165, 1.54) is 12.8 Å². The van der Waals surface area contributed by atoms with Gasteiger partial charge >= 0.3 is 0 Å². The summed E-state index contributed by atoms with van der Waals surface area (Å²) in [6.45, 7) is 12.3. The molecule has 2 unspecified atom stereocenters. The van der Waals surface area contributed by atoms with Gasteiger partial charge in [-0.25, -0.2) is 0 Å². The van der Waals surface area contributed by atoms with E-state index in [2.05, 4.69) is 39.7 Å². The van der Waals surface area contributed by atoms with Gasteiger partial charge in [-0.3, -0.25) is 4.84 Å². The highest BCUT2D eigenvalue weighted by molar-refractivity contribution is 5.19. The van der Waals surface area contributed by atoms with Crippen molar-refractivity contribution >= 4 is 0 Å². The summed E-state index contributed by atoms with van der Waals surface area (Å²) in [7, 11) is 0. The minimum atomic E-state index is 0.253. The first kappa shape index (κ1) is 9.47. The van der Waals surface area contributed by atoms with E-state index in [4.69, 9.17) is 4.84 Å². The standard InChI is InChI=1S/C11H21NO/c1-9(2)6-7-11(5)10(3,4)12(11)13-8-9/h6-8H2,1-5H3. The molecule has 2 heterocycles. The number of hydroxylamine groups is 2. The van der Waals surface area contributed by atoms with Crippen LogP contribution in [0.15, 0.2) is 0 Å². The molecule has 0 amide bonds. The lowest BCUT2D eigenvalue weighted by Gasteiger charge is -2.23. The minimum absolute atomic E-state index is 0.253. The van der Waals surface area contributed by atoms with Crippen molar-refractivity contribution in [3.8, 4) is 0 Å². The van der Waals surface area contributed by atoms with E-state index >= 15 is 0 Å². The van der Waals surface area contributed by atoms with Crippen molar-refractivity contribution < 1.29 is 4.84 Å². The molecule has 0 aliphatic carbocycles. The maximum Gasteiger partial charge on any atom is 0.0736 e. The average Bonchev–Trinajstić information content (AvgIpc) is 2.45. The Balaban J connectivity index is 2.13. The van der Waals surface area contributed by atoms with Crippen molar-refractivity contribution in [2.75, 3.05) is 6.61 Å². The summed E-state index contributed by atoms with van der Waals surface area (Å²) in [5.74, 6) is 0. The second-order valence-electron chi connectivity index (χ2n) is 6.06. The molecule has 13 heavy (non-hydrogen) atoms. The predicted octanol–water partition coefficient (Wildman–Crippen LogP) is 2.59. The largest absolute Gasteiger partial charge is 0.297 e. The van der Waals surface area contributed by atoms with Crippen LogP contribution in [0.2, 0.25) is 0 Å². The first-order chi connectivity index (χ1) is 5.80. The lowest BCUT2D eigenvalue weighted by Crippen LogP contribution is -2.23. The molecule has 0 aromatic rings. The van der Waals surface area contributed by atoms with Gasteiger partial charge in [-0.05, 0) is 39.0 Å². The second kappa shape index (κ2) is 2.29.